The quantitative estimate of drug-likeness (QED) is 0.854. The van der Waals surface area contributed by atoms with E-state index in [1.807, 2.05) is 41.3 Å². The van der Waals surface area contributed by atoms with Crippen molar-refractivity contribution in [1.29, 1.82) is 0 Å². The van der Waals surface area contributed by atoms with Gasteiger partial charge in [0.1, 0.15) is 0 Å². The second-order valence-electron chi connectivity index (χ2n) is 7.19. The van der Waals surface area contributed by atoms with E-state index in [0.717, 1.165) is 44.3 Å². The molecule has 1 saturated heterocycles. The number of benzene rings is 1. The van der Waals surface area contributed by atoms with Crippen molar-refractivity contribution >= 4 is 17.9 Å². The van der Waals surface area contributed by atoms with Gasteiger partial charge in [-0.05, 0) is 37.3 Å². The Morgan fingerprint density at radius 3 is 2.32 bits per heavy atom. The van der Waals surface area contributed by atoms with E-state index in [4.69, 9.17) is 0 Å². The van der Waals surface area contributed by atoms with Crippen LogP contribution in [0.3, 0.4) is 0 Å². The number of rotatable bonds is 4. The summed E-state index contributed by atoms with van der Waals surface area (Å²) in [5.41, 5.74) is 1.02. The predicted molar refractivity (Wildman–Crippen MR) is 99.8 cm³/mol. The van der Waals surface area contributed by atoms with Gasteiger partial charge in [0.2, 0.25) is 11.8 Å². The molecule has 25 heavy (non-hydrogen) atoms. The van der Waals surface area contributed by atoms with E-state index in [2.05, 4.69) is 5.32 Å². The lowest BCUT2D eigenvalue weighted by Gasteiger charge is -2.35. The molecular weight excluding hydrogens is 312 g/mol. The molecule has 4 nitrogen and oxygen atoms in total. The highest BCUT2D eigenvalue weighted by atomic mass is 16.2. The SMILES string of the molecule is O=C(/C=C/c1ccccc1)NC1CCN(C(=O)C2CCCCC2)CC1. The Morgan fingerprint density at radius 1 is 0.960 bits per heavy atom. The molecule has 1 aliphatic heterocycles. The van der Waals surface area contributed by atoms with E-state index >= 15 is 0 Å². The van der Waals surface area contributed by atoms with Gasteiger partial charge < -0.3 is 10.2 Å². The third kappa shape index (κ3) is 5.18. The number of hydrogen-bond donors (Lipinski definition) is 1. The standard InChI is InChI=1S/C21H28N2O2/c24-20(12-11-17-7-3-1-4-8-17)22-19-13-15-23(16-14-19)21(25)18-9-5-2-6-10-18/h1,3-4,7-8,11-12,18-19H,2,5-6,9-10,13-16H2,(H,22,24)/b12-11+. The Morgan fingerprint density at radius 2 is 1.64 bits per heavy atom. The van der Waals surface area contributed by atoms with Crippen molar-refractivity contribution in [3.8, 4) is 0 Å². The van der Waals surface area contributed by atoms with Gasteiger partial charge in [-0.3, -0.25) is 9.59 Å². The second-order valence-corrected chi connectivity index (χ2v) is 7.19. The van der Waals surface area contributed by atoms with Crippen molar-refractivity contribution in [2.75, 3.05) is 13.1 Å². The maximum Gasteiger partial charge on any atom is 0.244 e. The average Bonchev–Trinajstić information content (AvgIpc) is 2.68. The number of nitrogens with zero attached hydrogens (tertiary/aromatic N) is 1. The van der Waals surface area contributed by atoms with Gasteiger partial charge >= 0.3 is 0 Å². The lowest BCUT2D eigenvalue weighted by atomic mass is 9.87. The third-order valence-electron chi connectivity index (χ3n) is 5.33. The van der Waals surface area contributed by atoms with E-state index < -0.39 is 0 Å². The van der Waals surface area contributed by atoms with Crippen molar-refractivity contribution in [1.82, 2.24) is 10.2 Å². The van der Waals surface area contributed by atoms with Crippen LogP contribution in [-0.2, 0) is 9.59 Å². The number of likely N-dealkylation sites (tertiary alicyclic amines) is 1. The fraction of sp³-hybridized carbons (Fsp3) is 0.524. The number of piperidine rings is 1. The van der Waals surface area contributed by atoms with Gasteiger partial charge in [-0.1, -0.05) is 49.6 Å². The second kappa shape index (κ2) is 8.84. The summed E-state index contributed by atoms with van der Waals surface area (Å²) in [5.74, 6) is 0.531. The summed E-state index contributed by atoms with van der Waals surface area (Å²) in [4.78, 5) is 26.7. The lowest BCUT2D eigenvalue weighted by molar-refractivity contribution is -0.137. The fourth-order valence-corrected chi connectivity index (χ4v) is 3.84. The Balaban J connectivity index is 1.42. The molecule has 134 valence electrons. The summed E-state index contributed by atoms with van der Waals surface area (Å²) in [6.07, 6.45) is 10.9. The Labute approximate surface area is 150 Å². The molecule has 2 fully saturated rings. The van der Waals surface area contributed by atoms with Crippen LogP contribution in [0.25, 0.3) is 6.08 Å². The van der Waals surface area contributed by atoms with Crippen LogP contribution in [0.4, 0.5) is 0 Å². The first-order valence-electron chi connectivity index (χ1n) is 9.55. The van der Waals surface area contributed by atoms with E-state index in [-0.39, 0.29) is 17.9 Å². The highest BCUT2D eigenvalue weighted by molar-refractivity contribution is 5.91. The molecule has 4 heteroatoms. The molecule has 0 aromatic heterocycles. The Hall–Kier alpha value is -2.10. The summed E-state index contributed by atoms with van der Waals surface area (Å²) in [6, 6.07) is 9.98. The smallest absolute Gasteiger partial charge is 0.244 e. The lowest BCUT2D eigenvalue weighted by Crippen LogP contribution is -2.48. The molecule has 0 unspecified atom stereocenters. The zero-order valence-corrected chi connectivity index (χ0v) is 14.8. The number of nitrogens with one attached hydrogen (secondary N) is 1. The largest absolute Gasteiger partial charge is 0.350 e. The van der Waals surface area contributed by atoms with E-state index in [1.54, 1.807) is 6.08 Å². The van der Waals surface area contributed by atoms with Crippen LogP contribution in [-0.4, -0.2) is 35.8 Å². The van der Waals surface area contributed by atoms with Gasteiger partial charge in [0.25, 0.3) is 0 Å². The van der Waals surface area contributed by atoms with E-state index in [0.29, 0.717) is 5.91 Å². The molecule has 1 aromatic rings. The summed E-state index contributed by atoms with van der Waals surface area (Å²) in [5, 5.41) is 3.06. The molecule has 0 spiro atoms. The number of carbonyl (C=O) groups excluding carboxylic acids is 2. The maximum absolute atomic E-state index is 12.6. The number of amides is 2. The van der Waals surface area contributed by atoms with Crippen molar-refractivity contribution in [2.45, 2.75) is 51.0 Å². The van der Waals surface area contributed by atoms with Gasteiger partial charge in [0, 0.05) is 31.1 Å². The average molecular weight is 340 g/mol. The van der Waals surface area contributed by atoms with Crippen LogP contribution in [0.1, 0.15) is 50.5 Å². The first kappa shape index (κ1) is 17.7. The first-order valence-corrected chi connectivity index (χ1v) is 9.55. The highest BCUT2D eigenvalue weighted by Crippen LogP contribution is 2.26. The molecule has 1 aliphatic carbocycles. The monoisotopic (exact) mass is 340 g/mol. The van der Waals surface area contributed by atoms with Crippen molar-refractivity contribution in [3.63, 3.8) is 0 Å². The van der Waals surface area contributed by atoms with Crippen LogP contribution in [0.15, 0.2) is 36.4 Å². The molecule has 0 atom stereocenters. The Bertz CT molecular complexity index is 598. The number of hydrogen-bond acceptors (Lipinski definition) is 2. The van der Waals surface area contributed by atoms with E-state index in [9.17, 15) is 9.59 Å². The van der Waals surface area contributed by atoms with Gasteiger partial charge in [0.05, 0.1) is 0 Å². The van der Waals surface area contributed by atoms with Gasteiger partial charge in [-0.2, -0.15) is 0 Å². The molecule has 1 N–H and O–H groups in total. The van der Waals surface area contributed by atoms with Gasteiger partial charge in [-0.25, -0.2) is 0 Å². The fourth-order valence-electron chi connectivity index (χ4n) is 3.84. The molecular formula is C21H28N2O2. The van der Waals surface area contributed by atoms with Crippen LogP contribution in [0.5, 0.6) is 0 Å². The first-order chi connectivity index (χ1) is 12.2. The molecule has 0 bridgehead atoms. The molecule has 1 aromatic carbocycles. The zero-order chi connectivity index (χ0) is 17.5. The number of carbonyl (C=O) groups is 2. The minimum absolute atomic E-state index is 0.0547. The molecule has 3 rings (SSSR count). The molecule has 1 saturated carbocycles. The topological polar surface area (TPSA) is 49.4 Å². The molecule has 2 aliphatic rings. The zero-order valence-electron chi connectivity index (χ0n) is 14.8. The van der Waals surface area contributed by atoms with Crippen LogP contribution >= 0.6 is 0 Å². The summed E-state index contributed by atoms with van der Waals surface area (Å²) in [6.45, 7) is 1.53. The minimum atomic E-state index is -0.0547. The van der Waals surface area contributed by atoms with Gasteiger partial charge in [-0.15, -0.1) is 0 Å². The predicted octanol–water partition coefficient (Wildman–Crippen LogP) is 3.39. The maximum atomic E-state index is 12.6. The highest BCUT2D eigenvalue weighted by Gasteiger charge is 2.29. The normalized spacial score (nSPS) is 19.9. The molecule has 2 amide bonds. The van der Waals surface area contributed by atoms with Gasteiger partial charge in [0.15, 0.2) is 0 Å². The van der Waals surface area contributed by atoms with Crippen LogP contribution in [0.2, 0.25) is 0 Å². The van der Waals surface area contributed by atoms with Crippen molar-refractivity contribution in [3.05, 3.63) is 42.0 Å². The summed E-state index contributed by atoms with van der Waals surface area (Å²) >= 11 is 0. The van der Waals surface area contributed by atoms with E-state index in [1.165, 1.54) is 19.3 Å². The third-order valence-corrected chi connectivity index (χ3v) is 5.33. The molecule has 1 heterocycles. The van der Waals surface area contributed by atoms with Crippen molar-refractivity contribution < 1.29 is 9.59 Å². The summed E-state index contributed by atoms with van der Waals surface area (Å²) < 4.78 is 0. The van der Waals surface area contributed by atoms with Crippen LogP contribution in [0, 0.1) is 5.92 Å². The minimum Gasteiger partial charge on any atom is -0.350 e. The van der Waals surface area contributed by atoms with Crippen molar-refractivity contribution in [2.24, 2.45) is 5.92 Å². The molecule has 0 radical (unpaired) electrons. The van der Waals surface area contributed by atoms with Crippen LogP contribution < -0.4 is 5.32 Å². The summed E-state index contributed by atoms with van der Waals surface area (Å²) in [7, 11) is 0. The Kier molecular flexibility index (Phi) is 6.26.